The molecule has 6 nitrogen and oxygen atoms in total. The number of amides is 1. The number of carbonyl (C=O) groups excluding carboxylic acids is 2. The first-order valence-electron chi connectivity index (χ1n) is 8.84. The zero-order valence-electron chi connectivity index (χ0n) is 15.1. The van der Waals surface area contributed by atoms with E-state index in [1.54, 1.807) is 18.5 Å². The van der Waals surface area contributed by atoms with Gasteiger partial charge in [0.15, 0.2) is 0 Å². The summed E-state index contributed by atoms with van der Waals surface area (Å²) in [6.45, 7) is 0.497. The van der Waals surface area contributed by atoms with E-state index in [9.17, 15) is 9.59 Å². The van der Waals surface area contributed by atoms with Gasteiger partial charge in [-0.15, -0.1) is 0 Å². The highest BCUT2D eigenvalue weighted by molar-refractivity contribution is 6.07. The fourth-order valence-electron chi connectivity index (χ4n) is 2.83. The van der Waals surface area contributed by atoms with E-state index in [1.165, 1.54) is 7.11 Å². The maximum absolute atomic E-state index is 12.8. The van der Waals surface area contributed by atoms with Crippen LogP contribution in [0.1, 0.15) is 29.6 Å². The number of pyridine rings is 2. The van der Waals surface area contributed by atoms with E-state index >= 15 is 0 Å². The van der Waals surface area contributed by atoms with Crippen molar-refractivity contribution < 1.29 is 14.3 Å². The van der Waals surface area contributed by atoms with Gasteiger partial charge in [0, 0.05) is 36.3 Å². The van der Waals surface area contributed by atoms with Gasteiger partial charge in [0.05, 0.1) is 23.9 Å². The molecule has 1 N–H and O–H groups in total. The minimum absolute atomic E-state index is 0.151. The van der Waals surface area contributed by atoms with E-state index in [2.05, 4.69) is 20.0 Å². The van der Waals surface area contributed by atoms with Crippen molar-refractivity contribution >= 4 is 22.8 Å². The highest BCUT2D eigenvalue weighted by atomic mass is 16.5. The Kier molecular flexibility index (Phi) is 6.10. The summed E-state index contributed by atoms with van der Waals surface area (Å²) in [5, 5.41) is 3.74. The molecular weight excluding hydrogens is 342 g/mol. The van der Waals surface area contributed by atoms with E-state index < -0.39 is 0 Å². The highest BCUT2D eigenvalue weighted by Gasteiger charge is 2.13. The summed E-state index contributed by atoms with van der Waals surface area (Å²) in [5.41, 5.74) is 2.98. The molecule has 0 atom stereocenters. The summed E-state index contributed by atoms with van der Waals surface area (Å²) >= 11 is 0. The molecule has 138 valence electrons. The molecule has 0 fully saturated rings. The summed E-state index contributed by atoms with van der Waals surface area (Å²) in [5.74, 6) is -0.384. The Morgan fingerprint density at radius 2 is 1.85 bits per heavy atom. The number of nitrogens with one attached hydrogen (secondary N) is 1. The van der Waals surface area contributed by atoms with Crippen LogP contribution >= 0.6 is 0 Å². The molecule has 27 heavy (non-hydrogen) atoms. The van der Waals surface area contributed by atoms with Gasteiger partial charge in [0.1, 0.15) is 0 Å². The number of methoxy groups -OCH3 is 1. The Balaban J connectivity index is 1.78. The lowest BCUT2D eigenvalue weighted by molar-refractivity contribution is -0.140. The smallest absolute Gasteiger partial charge is 0.305 e. The average molecular weight is 363 g/mol. The normalized spacial score (nSPS) is 10.6. The van der Waals surface area contributed by atoms with Crippen LogP contribution in [-0.2, 0) is 9.53 Å². The largest absolute Gasteiger partial charge is 0.469 e. The summed E-state index contributed by atoms with van der Waals surface area (Å²) < 4.78 is 4.61. The lowest BCUT2D eigenvalue weighted by atomic mass is 10.0. The average Bonchev–Trinajstić information content (AvgIpc) is 2.73. The van der Waals surface area contributed by atoms with Gasteiger partial charge < -0.3 is 10.1 Å². The Morgan fingerprint density at radius 3 is 2.63 bits per heavy atom. The molecule has 0 bridgehead atoms. The van der Waals surface area contributed by atoms with Crippen molar-refractivity contribution in [1.82, 2.24) is 15.3 Å². The molecule has 0 unspecified atom stereocenters. The van der Waals surface area contributed by atoms with Crippen LogP contribution in [0.5, 0.6) is 0 Å². The van der Waals surface area contributed by atoms with Crippen molar-refractivity contribution in [3.05, 3.63) is 60.4 Å². The van der Waals surface area contributed by atoms with Crippen molar-refractivity contribution in [2.75, 3.05) is 13.7 Å². The first-order valence-corrected chi connectivity index (χ1v) is 8.84. The summed E-state index contributed by atoms with van der Waals surface area (Å²) in [4.78, 5) is 32.6. The minimum atomic E-state index is -0.233. The second-order valence-electron chi connectivity index (χ2n) is 6.10. The molecule has 1 aromatic carbocycles. The van der Waals surface area contributed by atoms with Gasteiger partial charge >= 0.3 is 5.97 Å². The van der Waals surface area contributed by atoms with Gasteiger partial charge in [-0.3, -0.25) is 14.6 Å². The highest BCUT2D eigenvalue weighted by Crippen LogP contribution is 2.24. The topological polar surface area (TPSA) is 81.2 Å². The van der Waals surface area contributed by atoms with E-state index in [0.717, 1.165) is 22.2 Å². The van der Waals surface area contributed by atoms with Crippen molar-refractivity contribution in [2.24, 2.45) is 0 Å². The van der Waals surface area contributed by atoms with Crippen LogP contribution in [0.4, 0.5) is 0 Å². The molecule has 0 radical (unpaired) electrons. The number of carbonyl (C=O) groups is 2. The van der Waals surface area contributed by atoms with Crippen LogP contribution in [0.25, 0.3) is 22.2 Å². The number of rotatable bonds is 7. The van der Waals surface area contributed by atoms with Crippen molar-refractivity contribution in [2.45, 2.75) is 19.3 Å². The first-order chi connectivity index (χ1) is 13.2. The molecule has 0 saturated carbocycles. The van der Waals surface area contributed by atoms with Gasteiger partial charge in [0.2, 0.25) is 0 Å². The first kappa shape index (κ1) is 18.5. The lowest BCUT2D eigenvalue weighted by Crippen LogP contribution is -2.25. The van der Waals surface area contributed by atoms with E-state index in [1.807, 2.05) is 36.4 Å². The third-order valence-electron chi connectivity index (χ3n) is 4.26. The molecule has 2 aromatic heterocycles. The Bertz CT molecular complexity index is 942. The summed E-state index contributed by atoms with van der Waals surface area (Å²) in [7, 11) is 1.37. The van der Waals surface area contributed by atoms with Crippen LogP contribution in [0.15, 0.2) is 54.9 Å². The number of esters is 1. The Hall–Kier alpha value is -3.28. The standard InChI is InChI=1S/C21H21N3O3/c1-27-20(25)8-4-5-11-23-21(26)17-14-19(15-9-12-22-13-10-15)24-18-7-3-2-6-16(17)18/h2-3,6-7,9-10,12-14H,4-5,8,11H2,1H3,(H,23,26). The Labute approximate surface area is 157 Å². The molecule has 0 spiro atoms. The van der Waals surface area contributed by atoms with Gasteiger partial charge in [-0.05, 0) is 37.1 Å². The molecule has 6 heteroatoms. The van der Waals surface area contributed by atoms with E-state index in [0.29, 0.717) is 31.4 Å². The summed E-state index contributed by atoms with van der Waals surface area (Å²) in [6, 6.07) is 13.1. The number of para-hydroxylation sites is 1. The second kappa shape index (κ2) is 8.89. The number of aromatic nitrogens is 2. The zero-order valence-corrected chi connectivity index (χ0v) is 15.1. The molecule has 0 aliphatic rings. The maximum atomic E-state index is 12.8. The number of nitrogens with zero attached hydrogens (tertiary/aromatic N) is 2. The van der Waals surface area contributed by atoms with Crippen LogP contribution in [-0.4, -0.2) is 35.5 Å². The predicted molar refractivity (Wildman–Crippen MR) is 103 cm³/mol. The maximum Gasteiger partial charge on any atom is 0.305 e. The number of hydrogen-bond donors (Lipinski definition) is 1. The Morgan fingerprint density at radius 1 is 1.07 bits per heavy atom. The molecule has 1 amide bonds. The molecule has 0 aliphatic heterocycles. The predicted octanol–water partition coefficient (Wildman–Crippen LogP) is 3.37. The quantitative estimate of drug-likeness (QED) is 0.514. The molecule has 0 saturated heterocycles. The number of benzene rings is 1. The van der Waals surface area contributed by atoms with Gasteiger partial charge in [0.25, 0.3) is 5.91 Å². The number of fused-ring (bicyclic) bond motifs is 1. The minimum Gasteiger partial charge on any atom is -0.469 e. The van der Waals surface area contributed by atoms with Crippen LogP contribution in [0.3, 0.4) is 0 Å². The van der Waals surface area contributed by atoms with Gasteiger partial charge in [-0.1, -0.05) is 18.2 Å². The van der Waals surface area contributed by atoms with Crippen LogP contribution in [0, 0.1) is 0 Å². The molecule has 3 rings (SSSR count). The molecular formula is C21H21N3O3. The van der Waals surface area contributed by atoms with Crippen LogP contribution in [0.2, 0.25) is 0 Å². The van der Waals surface area contributed by atoms with Crippen molar-refractivity contribution in [1.29, 1.82) is 0 Å². The van der Waals surface area contributed by atoms with Gasteiger partial charge in [-0.25, -0.2) is 4.98 Å². The third-order valence-corrected chi connectivity index (χ3v) is 4.26. The monoisotopic (exact) mass is 363 g/mol. The summed E-state index contributed by atoms with van der Waals surface area (Å²) in [6.07, 6.45) is 5.14. The van der Waals surface area contributed by atoms with E-state index in [-0.39, 0.29) is 11.9 Å². The zero-order chi connectivity index (χ0) is 19.1. The molecule has 0 aliphatic carbocycles. The number of ether oxygens (including phenoxy) is 1. The SMILES string of the molecule is COC(=O)CCCCNC(=O)c1cc(-c2ccncc2)nc2ccccc12. The van der Waals surface area contributed by atoms with Crippen molar-refractivity contribution in [3.8, 4) is 11.3 Å². The fraction of sp³-hybridized carbons (Fsp3) is 0.238. The number of hydrogen-bond acceptors (Lipinski definition) is 5. The second-order valence-corrected chi connectivity index (χ2v) is 6.10. The fourth-order valence-corrected chi connectivity index (χ4v) is 2.83. The number of unbranched alkanes of at least 4 members (excludes halogenated alkanes) is 1. The van der Waals surface area contributed by atoms with E-state index in [4.69, 9.17) is 0 Å². The van der Waals surface area contributed by atoms with Crippen molar-refractivity contribution in [3.63, 3.8) is 0 Å². The van der Waals surface area contributed by atoms with Gasteiger partial charge in [-0.2, -0.15) is 0 Å². The lowest BCUT2D eigenvalue weighted by Gasteiger charge is -2.10. The third kappa shape index (κ3) is 4.67. The molecule has 3 aromatic rings. The van der Waals surface area contributed by atoms with Crippen LogP contribution < -0.4 is 5.32 Å². The molecule has 2 heterocycles.